The molecule has 0 heterocycles. The van der Waals surface area contributed by atoms with Crippen molar-refractivity contribution >= 4 is 5.97 Å². The van der Waals surface area contributed by atoms with Crippen LogP contribution in [0.5, 0.6) is 11.5 Å². The first-order chi connectivity index (χ1) is 14.7. The minimum absolute atomic E-state index is 0.0511. The molecule has 0 radical (unpaired) electrons. The molecular weight excluding hydrogens is 388 g/mol. The Labute approximate surface area is 188 Å². The maximum Gasteiger partial charge on any atom is 0.339 e. The lowest BCUT2D eigenvalue weighted by Gasteiger charge is -2.38. The molecule has 174 valence electrons. The smallest absolute Gasteiger partial charge is 0.339 e. The van der Waals surface area contributed by atoms with Gasteiger partial charge >= 0.3 is 5.97 Å². The van der Waals surface area contributed by atoms with Gasteiger partial charge in [0, 0.05) is 6.07 Å². The van der Waals surface area contributed by atoms with Crippen LogP contribution in [0.2, 0.25) is 0 Å². The average Bonchev–Trinajstić information content (AvgIpc) is 2.67. The van der Waals surface area contributed by atoms with Gasteiger partial charge in [-0.05, 0) is 73.3 Å². The maximum atomic E-state index is 11.9. The Hall–Kier alpha value is -1.71. The van der Waals surface area contributed by atoms with E-state index in [4.69, 9.17) is 9.47 Å². The summed E-state index contributed by atoms with van der Waals surface area (Å²) in [6.45, 7) is 13.6. The van der Waals surface area contributed by atoms with Crippen molar-refractivity contribution < 1.29 is 19.4 Å². The number of ether oxygens (including phenoxy) is 2. The monoisotopic (exact) mass is 430 g/mol. The molecule has 2 aliphatic carbocycles. The van der Waals surface area contributed by atoms with E-state index in [9.17, 15) is 9.90 Å². The maximum absolute atomic E-state index is 11.9. The lowest BCUT2D eigenvalue weighted by atomic mass is 9.75. The van der Waals surface area contributed by atoms with Gasteiger partial charge in [0.2, 0.25) is 0 Å². The van der Waals surface area contributed by atoms with E-state index in [0.717, 1.165) is 25.0 Å². The predicted molar refractivity (Wildman–Crippen MR) is 125 cm³/mol. The van der Waals surface area contributed by atoms with Gasteiger partial charge in [-0.1, -0.05) is 54.4 Å². The summed E-state index contributed by atoms with van der Waals surface area (Å²) in [4.78, 5) is 11.9. The standard InChI is InChI=1S/C27H42O4/c1-16(2)21-10-7-18(5)13-24(21)30-20-9-12-23(27(28)29)26(15-20)31-25-14-19(6)8-11-22(25)17(3)4/h9,12,15-19,21-22,24-25H,7-8,10-11,13-14H2,1-6H3,(H,28,29). The molecule has 1 aromatic carbocycles. The molecule has 4 nitrogen and oxygen atoms in total. The summed E-state index contributed by atoms with van der Waals surface area (Å²) in [5, 5.41) is 9.76. The van der Waals surface area contributed by atoms with E-state index in [0.29, 0.717) is 41.3 Å². The highest BCUT2D eigenvalue weighted by atomic mass is 16.5. The summed E-state index contributed by atoms with van der Waals surface area (Å²) in [7, 11) is 0. The minimum Gasteiger partial charge on any atom is -0.490 e. The molecule has 0 saturated heterocycles. The zero-order valence-electron chi connectivity index (χ0n) is 20.3. The lowest BCUT2D eigenvalue weighted by molar-refractivity contribution is 0.0395. The first-order valence-corrected chi connectivity index (χ1v) is 12.4. The number of carboxylic acids is 1. The molecule has 3 rings (SSSR count). The van der Waals surface area contributed by atoms with E-state index in [1.54, 1.807) is 12.1 Å². The Bertz CT molecular complexity index is 741. The molecule has 31 heavy (non-hydrogen) atoms. The van der Waals surface area contributed by atoms with Crippen LogP contribution in [0.15, 0.2) is 18.2 Å². The molecule has 0 aliphatic heterocycles. The number of hydrogen-bond acceptors (Lipinski definition) is 3. The van der Waals surface area contributed by atoms with Gasteiger partial charge in [0.15, 0.2) is 0 Å². The van der Waals surface area contributed by atoms with Crippen molar-refractivity contribution in [3.05, 3.63) is 23.8 Å². The van der Waals surface area contributed by atoms with Gasteiger partial charge in [0.25, 0.3) is 0 Å². The molecular formula is C27H42O4. The fourth-order valence-electron chi connectivity index (χ4n) is 5.69. The van der Waals surface area contributed by atoms with Gasteiger partial charge in [0.1, 0.15) is 29.3 Å². The molecule has 0 bridgehead atoms. The van der Waals surface area contributed by atoms with E-state index >= 15 is 0 Å². The van der Waals surface area contributed by atoms with Crippen molar-refractivity contribution in [3.8, 4) is 11.5 Å². The highest BCUT2D eigenvalue weighted by molar-refractivity contribution is 5.91. The largest absolute Gasteiger partial charge is 0.490 e. The summed E-state index contributed by atoms with van der Waals surface area (Å²) < 4.78 is 12.9. The Kier molecular flexibility index (Phi) is 7.93. The molecule has 0 aromatic heterocycles. The van der Waals surface area contributed by atoms with Crippen LogP contribution in [0.4, 0.5) is 0 Å². The lowest BCUT2D eigenvalue weighted by Crippen LogP contribution is -2.37. The second kappa shape index (κ2) is 10.3. The second-order valence-electron chi connectivity index (χ2n) is 10.9. The van der Waals surface area contributed by atoms with Gasteiger partial charge in [0.05, 0.1) is 0 Å². The van der Waals surface area contributed by atoms with Crippen LogP contribution in [0, 0.1) is 35.5 Å². The molecule has 1 N–H and O–H groups in total. The Morgan fingerprint density at radius 2 is 1.39 bits per heavy atom. The van der Waals surface area contributed by atoms with E-state index < -0.39 is 5.97 Å². The van der Waals surface area contributed by atoms with Crippen molar-refractivity contribution in [2.45, 2.75) is 92.3 Å². The summed E-state index contributed by atoms with van der Waals surface area (Å²) >= 11 is 0. The fraction of sp³-hybridized carbons (Fsp3) is 0.741. The van der Waals surface area contributed by atoms with Crippen molar-refractivity contribution in [3.63, 3.8) is 0 Å². The van der Waals surface area contributed by atoms with E-state index in [-0.39, 0.29) is 17.8 Å². The first kappa shape index (κ1) is 23.9. The van der Waals surface area contributed by atoms with Crippen molar-refractivity contribution in [1.29, 1.82) is 0 Å². The molecule has 6 atom stereocenters. The van der Waals surface area contributed by atoms with E-state index in [2.05, 4.69) is 41.5 Å². The normalized spacial score (nSPS) is 31.6. The second-order valence-corrected chi connectivity index (χ2v) is 10.9. The third-order valence-electron chi connectivity index (χ3n) is 7.67. The zero-order valence-corrected chi connectivity index (χ0v) is 20.3. The third kappa shape index (κ3) is 5.96. The van der Waals surface area contributed by atoms with Crippen LogP contribution in [-0.2, 0) is 0 Å². The number of carboxylic acid groups (broad SMARTS) is 1. The predicted octanol–water partition coefficient (Wildman–Crippen LogP) is 7.06. The van der Waals surface area contributed by atoms with Crippen LogP contribution >= 0.6 is 0 Å². The van der Waals surface area contributed by atoms with E-state index in [1.165, 1.54) is 19.3 Å². The number of rotatable bonds is 7. The molecule has 2 saturated carbocycles. The van der Waals surface area contributed by atoms with Crippen LogP contribution in [-0.4, -0.2) is 23.3 Å². The molecule has 0 spiro atoms. The summed E-state index contributed by atoms with van der Waals surface area (Å²) in [5.74, 6) is 3.57. The molecule has 4 heteroatoms. The van der Waals surface area contributed by atoms with Gasteiger partial charge in [-0.15, -0.1) is 0 Å². The molecule has 1 aromatic rings. The molecule has 0 amide bonds. The highest BCUT2D eigenvalue weighted by Crippen LogP contribution is 2.39. The summed E-state index contributed by atoms with van der Waals surface area (Å²) in [6, 6.07) is 5.29. The van der Waals surface area contributed by atoms with Gasteiger partial charge in [-0.25, -0.2) is 4.79 Å². The highest BCUT2D eigenvalue weighted by Gasteiger charge is 2.34. The third-order valence-corrected chi connectivity index (χ3v) is 7.67. The summed E-state index contributed by atoms with van der Waals surface area (Å²) in [6.07, 6.45) is 7.05. The van der Waals surface area contributed by atoms with Crippen molar-refractivity contribution in [2.24, 2.45) is 35.5 Å². The van der Waals surface area contributed by atoms with Crippen LogP contribution in [0.3, 0.4) is 0 Å². The first-order valence-electron chi connectivity index (χ1n) is 12.4. The topological polar surface area (TPSA) is 55.8 Å². The van der Waals surface area contributed by atoms with Crippen LogP contribution < -0.4 is 9.47 Å². The Balaban J connectivity index is 1.84. The number of benzene rings is 1. The Morgan fingerprint density at radius 3 is 1.87 bits per heavy atom. The Morgan fingerprint density at radius 1 is 0.871 bits per heavy atom. The van der Waals surface area contributed by atoms with Crippen molar-refractivity contribution in [1.82, 2.24) is 0 Å². The number of aromatic carboxylic acids is 1. The molecule has 6 unspecified atom stereocenters. The quantitative estimate of drug-likeness (QED) is 0.503. The minimum atomic E-state index is -0.946. The van der Waals surface area contributed by atoms with Crippen LogP contribution in [0.1, 0.15) is 90.4 Å². The molecule has 2 aliphatic rings. The van der Waals surface area contributed by atoms with Crippen molar-refractivity contribution in [2.75, 3.05) is 0 Å². The van der Waals surface area contributed by atoms with Gasteiger partial charge in [-0.2, -0.15) is 0 Å². The SMILES string of the molecule is CC1CCC(C(C)C)C(Oc2ccc(C(=O)O)c(OC3CC(C)CCC3C(C)C)c2)C1. The van der Waals surface area contributed by atoms with Gasteiger partial charge < -0.3 is 14.6 Å². The number of hydrogen-bond donors (Lipinski definition) is 1. The molecule has 2 fully saturated rings. The van der Waals surface area contributed by atoms with Gasteiger partial charge in [-0.3, -0.25) is 0 Å². The van der Waals surface area contributed by atoms with E-state index in [1.807, 2.05) is 6.07 Å². The average molecular weight is 431 g/mol. The zero-order chi connectivity index (χ0) is 22.7. The van der Waals surface area contributed by atoms with Crippen LogP contribution in [0.25, 0.3) is 0 Å². The number of carbonyl (C=O) groups is 1. The summed E-state index contributed by atoms with van der Waals surface area (Å²) in [5.41, 5.74) is 0.227. The fourth-order valence-corrected chi connectivity index (χ4v) is 5.69.